The predicted octanol–water partition coefficient (Wildman–Crippen LogP) is 1.45. The van der Waals surface area contributed by atoms with Gasteiger partial charge < -0.3 is 16.4 Å². The van der Waals surface area contributed by atoms with E-state index in [1.54, 1.807) is 0 Å². The molecule has 5 heteroatoms. The lowest BCUT2D eigenvalue weighted by Gasteiger charge is -2.26. The molecule has 0 spiro atoms. The molecular formula is C13H21N5. The summed E-state index contributed by atoms with van der Waals surface area (Å²) < 4.78 is 0. The van der Waals surface area contributed by atoms with Crippen molar-refractivity contribution in [1.82, 2.24) is 15.3 Å². The Bertz CT molecular complexity index is 426. The Balaban J connectivity index is 1.83. The van der Waals surface area contributed by atoms with Crippen molar-refractivity contribution in [3.05, 3.63) is 11.3 Å². The second kappa shape index (κ2) is 5.10. The van der Waals surface area contributed by atoms with Crippen LogP contribution in [0.5, 0.6) is 0 Å². The van der Waals surface area contributed by atoms with Crippen LogP contribution in [0.15, 0.2) is 0 Å². The van der Waals surface area contributed by atoms with Crippen LogP contribution in [0.4, 0.5) is 11.8 Å². The first-order valence-electron chi connectivity index (χ1n) is 6.95. The molecule has 3 rings (SSSR count). The van der Waals surface area contributed by atoms with E-state index in [0.29, 0.717) is 12.0 Å². The van der Waals surface area contributed by atoms with Crippen molar-refractivity contribution >= 4 is 11.8 Å². The molecule has 0 bridgehead atoms. The van der Waals surface area contributed by atoms with E-state index in [0.717, 1.165) is 31.0 Å². The minimum absolute atomic E-state index is 0.397. The van der Waals surface area contributed by atoms with Crippen molar-refractivity contribution in [2.45, 2.75) is 51.1 Å². The van der Waals surface area contributed by atoms with E-state index >= 15 is 0 Å². The summed E-state index contributed by atoms with van der Waals surface area (Å²) in [6.45, 7) is 1.83. The fourth-order valence-electron chi connectivity index (χ4n) is 2.92. The fraction of sp³-hybridized carbons (Fsp3) is 0.692. The smallest absolute Gasteiger partial charge is 0.222 e. The van der Waals surface area contributed by atoms with Gasteiger partial charge in [0, 0.05) is 31.1 Å². The second-order valence-electron chi connectivity index (χ2n) is 5.26. The van der Waals surface area contributed by atoms with Gasteiger partial charge in [-0.05, 0) is 12.8 Å². The molecule has 0 aromatic carbocycles. The van der Waals surface area contributed by atoms with E-state index < -0.39 is 0 Å². The highest BCUT2D eigenvalue weighted by atomic mass is 15.1. The van der Waals surface area contributed by atoms with Gasteiger partial charge in [0.25, 0.3) is 0 Å². The SMILES string of the molecule is Nc1nc2c(c(NC3CCCCC3)n1)CNCC2. The highest BCUT2D eigenvalue weighted by Crippen LogP contribution is 2.25. The number of nitrogens with two attached hydrogens (primary N) is 1. The van der Waals surface area contributed by atoms with Crippen LogP contribution in [-0.4, -0.2) is 22.6 Å². The molecule has 0 amide bonds. The fourth-order valence-corrected chi connectivity index (χ4v) is 2.92. The first-order chi connectivity index (χ1) is 8.83. The van der Waals surface area contributed by atoms with Gasteiger partial charge in [-0.2, -0.15) is 4.98 Å². The third kappa shape index (κ3) is 2.41. The van der Waals surface area contributed by atoms with Crippen molar-refractivity contribution in [3.63, 3.8) is 0 Å². The highest BCUT2D eigenvalue weighted by molar-refractivity contribution is 5.51. The molecule has 1 aliphatic heterocycles. The Labute approximate surface area is 108 Å². The largest absolute Gasteiger partial charge is 0.368 e. The topological polar surface area (TPSA) is 75.9 Å². The van der Waals surface area contributed by atoms with E-state index in [1.807, 2.05) is 0 Å². The molecule has 4 N–H and O–H groups in total. The van der Waals surface area contributed by atoms with Crippen LogP contribution in [0.1, 0.15) is 43.4 Å². The Morgan fingerprint density at radius 2 is 2.00 bits per heavy atom. The number of nitrogens with one attached hydrogen (secondary N) is 2. The second-order valence-corrected chi connectivity index (χ2v) is 5.26. The average Bonchev–Trinajstić information content (AvgIpc) is 2.40. The van der Waals surface area contributed by atoms with E-state index in [1.165, 1.54) is 37.7 Å². The van der Waals surface area contributed by atoms with Gasteiger partial charge in [0.15, 0.2) is 0 Å². The lowest BCUT2D eigenvalue weighted by atomic mass is 9.95. The number of nitrogens with zero attached hydrogens (tertiary/aromatic N) is 2. The molecular weight excluding hydrogens is 226 g/mol. The summed E-state index contributed by atoms with van der Waals surface area (Å²) in [5.74, 6) is 1.35. The number of rotatable bonds is 2. The van der Waals surface area contributed by atoms with Gasteiger partial charge in [-0.1, -0.05) is 19.3 Å². The summed E-state index contributed by atoms with van der Waals surface area (Å²) in [6.07, 6.45) is 7.43. The zero-order chi connectivity index (χ0) is 12.4. The normalized spacial score (nSPS) is 20.4. The van der Waals surface area contributed by atoms with Crippen LogP contribution in [0.25, 0.3) is 0 Å². The van der Waals surface area contributed by atoms with Crippen molar-refractivity contribution in [2.24, 2.45) is 0 Å². The summed E-state index contributed by atoms with van der Waals surface area (Å²) in [7, 11) is 0. The quantitative estimate of drug-likeness (QED) is 0.737. The van der Waals surface area contributed by atoms with Gasteiger partial charge in [-0.15, -0.1) is 0 Å². The number of hydrogen-bond donors (Lipinski definition) is 3. The maximum absolute atomic E-state index is 5.81. The molecule has 1 aromatic rings. The molecule has 0 saturated heterocycles. The lowest BCUT2D eigenvalue weighted by molar-refractivity contribution is 0.461. The zero-order valence-electron chi connectivity index (χ0n) is 10.7. The monoisotopic (exact) mass is 247 g/mol. The zero-order valence-corrected chi connectivity index (χ0v) is 10.7. The van der Waals surface area contributed by atoms with Gasteiger partial charge in [-0.3, -0.25) is 0 Å². The number of aromatic nitrogens is 2. The molecule has 18 heavy (non-hydrogen) atoms. The summed E-state index contributed by atoms with van der Waals surface area (Å²) in [4.78, 5) is 8.75. The van der Waals surface area contributed by atoms with Crippen molar-refractivity contribution in [1.29, 1.82) is 0 Å². The minimum atomic E-state index is 0.397. The Hall–Kier alpha value is -1.36. The van der Waals surface area contributed by atoms with Crippen LogP contribution in [0.3, 0.4) is 0 Å². The van der Waals surface area contributed by atoms with Gasteiger partial charge >= 0.3 is 0 Å². The molecule has 0 unspecified atom stereocenters. The molecule has 1 saturated carbocycles. The Morgan fingerprint density at radius 3 is 2.83 bits per heavy atom. The summed E-state index contributed by atoms with van der Waals surface area (Å²) in [6, 6.07) is 0.555. The Morgan fingerprint density at radius 1 is 1.17 bits per heavy atom. The number of nitrogen functional groups attached to an aromatic ring is 1. The predicted molar refractivity (Wildman–Crippen MR) is 72.4 cm³/mol. The summed E-state index contributed by atoms with van der Waals surface area (Å²) in [5.41, 5.74) is 8.13. The molecule has 5 nitrogen and oxygen atoms in total. The number of hydrogen-bond acceptors (Lipinski definition) is 5. The van der Waals surface area contributed by atoms with Gasteiger partial charge in [-0.25, -0.2) is 4.98 Å². The summed E-state index contributed by atoms with van der Waals surface area (Å²) >= 11 is 0. The lowest BCUT2D eigenvalue weighted by Crippen LogP contribution is -2.29. The molecule has 1 aromatic heterocycles. The Kier molecular flexibility index (Phi) is 3.32. The maximum atomic E-state index is 5.81. The molecule has 0 radical (unpaired) electrons. The van der Waals surface area contributed by atoms with Crippen LogP contribution < -0.4 is 16.4 Å². The standard InChI is InChI=1S/C13H21N5/c14-13-17-11-6-7-15-8-10(11)12(18-13)16-9-4-2-1-3-5-9/h9,15H,1-8H2,(H3,14,16,17,18). The molecule has 2 aliphatic rings. The van der Waals surface area contributed by atoms with Gasteiger partial charge in [0.1, 0.15) is 5.82 Å². The van der Waals surface area contributed by atoms with Crippen LogP contribution in [0, 0.1) is 0 Å². The summed E-state index contributed by atoms with van der Waals surface area (Å²) in [5, 5.41) is 6.96. The average molecular weight is 247 g/mol. The maximum Gasteiger partial charge on any atom is 0.222 e. The minimum Gasteiger partial charge on any atom is -0.368 e. The molecule has 1 fully saturated rings. The van der Waals surface area contributed by atoms with Crippen molar-refractivity contribution in [3.8, 4) is 0 Å². The van der Waals surface area contributed by atoms with Crippen molar-refractivity contribution < 1.29 is 0 Å². The molecule has 98 valence electrons. The van der Waals surface area contributed by atoms with E-state index in [-0.39, 0.29) is 0 Å². The van der Waals surface area contributed by atoms with Gasteiger partial charge in [0.05, 0.1) is 5.69 Å². The number of fused-ring (bicyclic) bond motifs is 1. The highest BCUT2D eigenvalue weighted by Gasteiger charge is 2.20. The first kappa shape index (κ1) is 11.7. The molecule has 1 aliphatic carbocycles. The van der Waals surface area contributed by atoms with Crippen LogP contribution >= 0.6 is 0 Å². The first-order valence-corrected chi connectivity index (χ1v) is 6.95. The van der Waals surface area contributed by atoms with Crippen molar-refractivity contribution in [2.75, 3.05) is 17.6 Å². The third-order valence-electron chi connectivity index (χ3n) is 3.90. The molecule has 2 heterocycles. The third-order valence-corrected chi connectivity index (χ3v) is 3.90. The van der Waals surface area contributed by atoms with Gasteiger partial charge in [0.2, 0.25) is 5.95 Å². The van der Waals surface area contributed by atoms with Crippen LogP contribution in [-0.2, 0) is 13.0 Å². The molecule has 0 atom stereocenters. The van der Waals surface area contributed by atoms with E-state index in [4.69, 9.17) is 5.73 Å². The number of anilines is 2. The van der Waals surface area contributed by atoms with E-state index in [2.05, 4.69) is 20.6 Å². The van der Waals surface area contributed by atoms with Crippen LogP contribution in [0.2, 0.25) is 0 Å². The van der Waals surface area contributed by atoms with E-state index in [9.17, 15) is 0 Å².